The minimum Gasteiger partial charge on any atom is -0.367 e. The van der Waals surface area contributed by atoms with Crippen molar-refractivity contribution in [1.82, 2.24) is 4.98 Å². The summed E-state index contributed by atoms with van der Waals surface area (Å²) in [5, 5.41) is 2.17. The number of primary amides is 1. The summed E-state index contributed by atoms with van der Waals surface area (Å²) in [6.45, 7) is 0. The van der Waals surface area contributed by atoms with Gasteiger partial charge in [-0.15, -0.1) is 0 Å². The zero-order valence-corrected chi connectivity index (χ0v) is 11.8. The Morgan fingerprint density at radius 1 is 1.05 bits per heavy atom. The second-order valence-corrected chi connectivity index (χ2v) is 5.38. The van der Waals surface area contributed by atoms with Gasteiger partial charge in [-0.2, -0.15) is 0 Å². The second kappa shape index (κ2) is 4.64. The van der Waals surface area contributed by atoms with E-state index in [-0.39, 0.29) is 0 Å². The van der Waals surface area contributed by atoms with E-state index in [4.69, 9.17) is 10.5 Å². The molecule has 0 aliphatic carbocycles. The summed E-state index contributed by atoms with van der Waals surface area (Å²) >= 11 is 0. The molecule has 1 aliphatic heterocycles. The third-order valence-corrected chi connectivity index (χ3v) is 4.13. The Kier molecular flexibility index (Phi) is 2.74. The van der Waals surface area contributed by atoms with Gasteiger partial charge in [0.1, 0.15) is 6.10 Å². The first-order chi connectivity index (χ1) is 10.7. The largest absolute Gasteiger partial charge is 0.367 e. The normalized spacial score (nSPS) is 23.4. The summed E-state index contributed by atoms with van der Waals surface area (Å²) in [4.78, 5) is 16.3. The number of hydrogen-bond acceptors (Lipinski definition) is 3. The Morgan fingerprint density at radius 3 is 2.59 bits per heavy atom. The molecule has 2 aromatic carbocycles. The summed E-state index contributed by atoms with van der Waals surface area (Å²) in [7, 11) is 0. The van der Waals surface area contributed by atoms with Crippen LogP contribution in [-0.2, 0) is 15.1 Å². The molecule has 4 rings (SSSR count). The molecule has 0 spiro atoms. The van der Waals surface area contributed by atoms with E-state index in [0.29, 0.717) is 5.69 Å². The Balaban J connectivity index is 1.86. The molecule has 2 unspecified atom stereocenters. The van der Waals surface area contributed by atoms with Crippen LogP contribution < -0.4 is 5.73 Å². The average Bonchev–Trinajstić information content (AvgIpc) is 3.32. The lowest BCUT2D eigenvalue weighted by atomic mass is 9.92. The molecule has 0 radical (unpaired) electrons. The van der Waals surface area contributed by atoms with Gasteiger partial charge in [-0.1, -0.05) is 48.5 Å². The van der Waals surface area contributed by atoms with Crippen LogP contribution in [0.1, 0.15) is 17.4 Å². The van der Waals surface area contributed by atoms with Gasteiger partial charge in [0, 0.05) is 6.20 Å². The first kappa shape index (κ1) is 13.0. The van der Waals surface area contributed by atoms with Gasteiger partial charge in [-0.05, 0) is 28.5 Å². The summed E-state index contributed by atoms with van der Waals surface area (Å²) < 4.78 is 5.81. The first-order valence-corrected chi connectivity index (χ1v) is 7.10. The third kappa shape index (κ3) is 1.74. The smallest absolute Gasteiger partial charge is 0.259 e. The number of carbonyl (C=O) groups excluding carboxylic acids is 1. The van der Waals surface area contributed by atoms with E-state index in [9.17, 15) is 4.79 Å². The molecule has 108 valence electrons. The number of hydrogen-bond donors (Lipinski definition) is 1. The van der Waals surface area contributed by atoms with Crippen LogP contribution in [0.3, 0.4) is 0 Å². The van der Waals surface area contributed by atoms with Crippen molar-refractivity contribution in [1.29, 1.82) is 0 Å². The number of benzene rings is 2. The first-order valence-electron chi connectivity index (χ1n) is 7.10. The molecule has 1 amide bonds. The number of epoxide rings is 1. The Bertz CT molecular complexity index is 858. The van der Waals surface area contributed by atoms with Crippen LogP contribution in [-0.4, -0.2) is 10.9 Å². The molecule has 4 nitrogen and oxygen atoms in total. The number of nitrogens with zero attached hydrogens (tertiary/aromatic N) is 1. The van der Waals surface area contributed by atoms with Crippen molar-refractivity contribution in [2.75, 3.05) is 0 Å². The lowest BCUT2D eigenvalue weighted by Crippen LogP contribution is -2.31. The van der Waals surface area contributed by atoms with Gasteiger partial charge in [0.2, 0.25) is 5.60 Å². The highest BCUT2D eigenvalue weighted by Gasteiger charge is 2.65. The number of nitrogens with two attached hydrogens (primary N) is 1. The van der Waals surface area contributed by atoms with E-state index in [1.165, 1.54) is 0 Å². The van der Waals surface area contributed by atoms with Crippen molar-refractivity contribution >= 4 is 16.7 Å². The number of ether oxygens (including phenoxy) is 1. The predicted molar refractivity (Wildman–Crippen MR) is 82.9 cm³/mol. The third-order valence-electron chi connectivity index (χ3n) is 4.13. The van der Waals surface area contributed by atoms with Crippen LogP contribution >= 0.6 is 0 Å². The highest BCUT2D eigenvalue weighted by molar-refractivity contribution is 5.92. The summed E-state index contributed by atoms with van der Waals surface area (Å²) in [5.74, 6) is -0.510. The topological polar surface area (TPSA) is 68.5 Å². The summed E-state index contributed by atoms with van der Waals surface area (Å²) in [5.41, 5.74) is 5.99. The quantitative estimate of drug-likeness (QED) is 0.754. The van der Waals surface area contributed by atoms with Crippen LogP contribution in [0.25, 0.3) is 10.8 Å². The number of fused-ring (bicyclic) bond motifs is 1. The number of amides is 1. The standard InChI is InChI=1S/C18H14N2O2/c19-17(21)18(15-10-3-4-11-20-15)16(22-18)14-9-5-7-12-6-1-2-8-13(12)14/h1-11,16H,(H2,19,21). The molecule has 4 heteroatoms. The number of rotatable bonds is 3. The molecule has 2 heterocycles. The van der Waals surface area contributed by atoms with Gasteiger partial charge in [-0.25, -0.2) is 0 Å². The van der Waals surface area contributed by atoms with E-state index in [0.717, 1.165) is 16.3 Å². The van der Waals surface area contributed by atoms with Crippen LogP contribution in [0, 0.1) is 0 Å². The summed E-state index contributed by atoms with van der Waals surface area (Å²) in [6.07, 6.45) is 1.24. The second-order valence-electron chi connectivity index (χ2n) is 5.38. The molecule has 1 aliphatic rings. The van der Waals surface area contributed by atoms with E-state index < -0.39 is 17.6 Å². The van der Waals surface area contributed by atoms with Crippen molar-refractivity contribution in [3.05, 3.63) is 78.1 Å². The summed E-state index contributed by atoms with van der Waals surface area (Å²) in [6, 6.07) is 19.4. The number of carbonyl (C=O) groups is 1. The molecule has 2 N–H and O–H groups in total. The van der Waals surface area contributed by atoms with Gasteiger partial charge in [0.05, 0.1) is 5.69 Å². The van der Waals surface area contributed by atoms with E-state index in [2.05, 4.69) is 4.98 Å². The van der Waals surface area contributed by atoms with Crippen molar-refractivity contribution in [2.45, 2.75) is 11.7 Å². The van der Waals surface area contributed by atoms with Gasteiger partial charge < -0.3 is 10.5 Å². The Labute approximate surface area is 127 Å². The Morgan fingerprint density at radius 2 is 1.82 bits per heavy atom. The SMILES string of the molecule is NC(=O)C1(c2ccccn2)OC1c1cccc2ccccc12. The lowest BCUT2D eigenvalue weighted by molar-refractivity contribution is -0.123. The van der Waals surface area contributed by atoms with E-state index in [1.807, 2.05) is 48.5 Å². The minimum atomic E-state index is -1.16. The maximum atomic E-state index is 12.1. The van der Waals surface area contributed by atoms with Crippen LogP contribution in [0.2, 0.25) is 0 Å². The molecule has 1 fully saturated rings. The van der Waals surface area contributed by atoms with E-state index >= 15 is 0 Å². The fraction of sp³-hybridized carbons (Fsp3) is 0.111. The van der Waals surface area contributed by atoms with E-state index in [1.54, 1.807) is 18.3 Å². The molecule has 3 aromatic rings. The number of pyridine rings is 1. The van der Waals surface area contributed by atoms with Crippen LogP contribution in [0.15, 0.2) is 66.9 Å². The predicted octanol–water partition coefficient (Wildman–Crippen LogP) is 2.69. The maximum Gasteiger partial charge on any atom is 0.259 e. The Hall–Kier alpha value is -2.72. The van der Waals surface area contributed by atoms with Crippen molar-refractivity contribution < 1.29 is 9.53 Å². The van der Waals surface area contributed by atoms with Gasteiger partial charge in [0.15, 0.2) is 0 Å². The molecular weight excluding hydrogens is 276 g/mol. The number of aromatic nitrogens is 1. The molecular formula is C18H14N2O2. The monoisotopic (exact) mass is 290 g/mol. The fourth-order valence-corrected chi connectivity index (χ4v) is 3.00. The van der Waals surface area contributed by atoms with Gasteiger partial charge in [-0.3, -0.25) is 9.78 Å². The van der Waals surface area contributed by atoms with Gasteiger partial charge >= 0.3 is 0 Å². The van der Waals surface area contributed by atoms with Crippen molar-refractivity contribution in [3.8, 4) is 0 Å². The molecule has 0 saturated carbocycles. The van der Waals surface area contributed by atoms with Crippen molar-refractivity contribution in [2.24, 2.45) is 5.73 Å². The molecule has 0 bridgehead atoms. The molecule has 1 saturated heterocycles. The molecule has 22 heavy (non-hydrogen) atoms. The highest BCUT2D eigenvalue weighted by atomic mass is 16.6. The van der Waals surface area contributed by atoms with Crippen LogP contribution in [0.4, 0.5) is 0 Å². The zero-order valence-electron chi connectivity index (χ0n) is 11.8. The zero-order chi connectivity index (χ0) is 15.2. The minimum absolute atomic E-state index is 0.397. The highest BCUT2D eigenvalue weighted by Crippen LogP contribution is 2.57. The molecule has 2 atom stereocenters. The molecule has 1 aromatic heterocycles. The van der Waals surface area contributed by atoms with Crippen molar-refractivity contribution in [3.63, 3.8) is 0 Å². The average molecular weight is 290 g/mol. The maximum absolute atomic E-state index is 12.1. The van der Waals surface area contributed by atoms with Crippen LogP contribution in [0.5, 0.6) is 0 Å². The lowest BCUT2D eigenvalue weighted by Gasteiger charge is -2.09. The fourth-order valence-electron chi connectivity index (χ4n) is 3.00. The van der Waals surface area contributed by atoms with Gasteiger partial charge in [0.25, 0.3) is 5.91 Å².